The van der Waals surface area contributed by atoms with Gasteiger partial charge in [0.1, 0.15) is 23.1 Å². The topological polar surface area (TPSA) is 73.9 Å². The Morgan fingerprint density at radius 3 is 1.80 bits per heavy atom. The molecule has 0 aliphatic carbocycles. The number of rotatable bonds is 9. The molecule has 1 atom stereocenters. The molecule has 0 aliphatic heterocycles. The number of amides is 1. The molecule has 0 bridgehead atoms. The van der Waals surface area contributed by atoms with Crippen molar-refractivity contribution >= 4 is 25.1 Å². The van der Waals surface area contributed by atoms with Gasteiger partial charge in [0.2, 0.25) is 5.91 Å². The van der Waals surface area contributed by atoms with Crippen LogP contribution in [0.2, 0.25) is 0 Å². The fraction of sp³-hybridized carbons (Fsp3) is 0.136. The maximum Gasteiger partial charge on any atom is 0.457 e. The number of carbonyl (C=O) groups excluding carboxylic acids is 1. The van der Waals surface area contributed by atoms with Crippen LogP contribution < -0.4 is 19.1 Å². The minimum atomic E-state index is -4.02. The molecule has 1 unspecified atom stereocenters. The van der Waals surface area contributed by atoms with Gasteiger partial charge in [-0.15, -0.1) is 11.6 Å². The van der Waals surface area contributed by atoms with E-state index in [1.807, 2.05) is 12.1 Å². The second-order valence-electron chi connectivity index (χ2n) is 6.23. The second-order valence-corrected chi connectivity index (χ2v) is 8.45. The Hall–Kier alpha value is -2.95. The lowest BCUT2D eigenvalue weighted by Crippen LogP contribution is -2.31. The van der Waals surface area contributed by atoms with E-state index in [0.717, 1.165) is 0 Å². The van der Waals surface area contributed by atoms with E-state index in [1.54, 1.807) is 79.9 Å². The summed E-state index contributed by atoms with van der Waals surface area (Å²) >= 11 is 5.70. The zero-order valence-electron chi connectivity index (χ0n) is 16.2. The molecule has 1 amide bonds. The number of carbonyl (C=O) groups is 1. The van der Waals surface area contributed by atoms with Crippen molar-refractivity contribution in [2.75, 3.05) is 13.0 Å². The Morgan fingerprint density at radius 2 is 1.37 bits per heavy atom. The summed E-state index contributed by atoms with van der Waals surface area (Å²) in [4.78, 5) is 12.2. The van der Waals surface area contributed by atoms with Gasteiger partial charge in [0.05, 0.1) is 7.11 Å². The van der Waals surface area contributed by atoms with Gasteiger partial charge in [-0.1, -0.05) is 48.5 Å². The van der Waals surface area contributed by atoms with E-state index in [2.05, 4.69) is 5.32 Å². The summed E-state index contributed by atoms with van der Waals surface area (Å²) in [5.41, 5.74) is 0.518. The molecular weight excluding hydrogens is 425 g/mol. The van der Waals surface area contributed by atoms with Crippen molar-refractivity contribution in [2.24, 2.45) is 0 Å². The molecule has 156 valence electrons. The molecule has 30 heavy (non-hydrogen) atoms. The van der Waals surface area contributed by atoms with E-state index in [4.69, 9.17) is 25.4 Å². The molecule has 0 saturated heterocycles. The van der Waals surface area contributed by atoms with Crippen molar-refractivity contribution in [3.63, 3.8) is 0 Å². The van der Waals surface area contributed by atoms with Crippen LogP contribution >= 0.6 is 19.2 Å². The molecule has 6 nitrogen and oxygen atoms in total. The van der Waals surface area contributed by atoms with Crippen molar-refractivity contribution in [1.82, 2.24) is 5.32 Å². The Labute approximate surface area is 180 Å². The maximum absolute atomic E-state index is 14.1. The molecule has 8 heteroatoms. The molecule has 1 N–H and O–H groups in total. The molecule has 0 radical (unpaired) electrons. The quantitative estimate of drug-likeness (QED) is 0.352. The van der Waals surface area contributed by atoms with Gasteiger partial charge in [0.25, 0.3) is 0 Å². The highest BCUT2D eigenvalue weighted by Crippen LogP contribution is 2.59. The third-order valence-electron chi connectivity index (χ3n) is 4.12. The molecule has 0 heterocycles. The normalized spacial score (nSPS) is 11.9. The summed E-state index contributed by atoms with van der Waals surface area (Å²) in [7, 11) is -2.47. The molecule has 0 fully saturated rings. The molecule has 3 aromatic rings. The van der Waals surface area contributed by atoms with Crippen LogP contribution in [0.15, 0.2) is 84.9 Å². The average molecular weight is 446 g/mol. The fourth-order valence-electron chi connectivity index (χ4n) is 2.70. The molecule has 3 aromatic carbocycles. The van der Waals surface area contributed by atoms with Crippen LogP contribution in [0.1, 0.15) is 11.3 Å². The van der Waals surface area contributed by atoms with E-state index in [9.17, 15) is 9.36 Å². The van der Waals surface area contributed by atoms with Crippen molar-refractivity contribution in [3.05, 3.63) is 90.5 Å². The summed E-state index contributed by atoms with van der Waals surface area (Å²) in [5, 5.41) is 2.68. The van der Waals surface area contributed by atoms with Gasteiger partial charge in [-0.2, -0.15) is 0 Å². The standard InChI is InChI=1S/C22H21ClNO5P/c1-27-18-14-12-17(13-15-18)22(24-21(25)16-23)30(26,28-19-8-4-2-5-9-19)29-20-10-6-3-7-11-20/h2-15,22H,16H2,1H3,(H,24,25). The van der Waals surface area contributed by atoms with Gasteiger partial charge in [-0.05, 0) is 42.0 Å². The maximum atomic E-state index is 14.1. The molecule has 3 rings (SSSR count). The first-order valence-corrected chi connectivity index (χ1v) is 11.3. The van der Waals surface area contributed by atoms with Crippen LogP contribution in [-0.4, -0.2) is 18.9 Å². The van der Waals surface area contributed by atoms with Crippen molar-refractivity contribution in [1.29, 1.82) is 0 Å². The smallest absolute Gasteiger partial charge is 0.457 e. The van der Waals surface area contributed by atoms with E-state index in [0.29, 0.717) is 22.8 Å². The number of ether oxygens (including phenoxy) is 1. The number of hydrogen-bond acceptors (Lipinski definition) is 5. The summed E-state index contributed by atoms with van der Waals surface area (Å²) < 4.78 is 31.1. The number of benzene rings is 3. The van der Waals surface area contributed by atoms with Crippen molar-refractivity contribution in [2.45, 2.75) is 5.78 Å². The largest absolute Gasteiger partial charge is 0.497 e. The molecule has 0 aliphatic rings. The Bertz CT molecular complexity index is 954. The van der Waals surface area contributed by atoms with Gasteiger partial charge < -0.3 is 19.1 Å². The van der Waals surface area contributed by atoms with Gasteiger partial charge >= 0.3 is 7.60 Å². The highest BCUT2D eigenvalue weighted by Gasteiger charge is 2.42. The third-order valence-corrected chi connectivity index (χ3v) is 6.35. The van der Waals surface area contributed by atoms with Crippen LogP contribution in [-0.2, 0) is 9.36 Å². The van der Waals surface area contributed by atoms with Crippen LogP contribution in [0, 0.1) is 0 Å². The predicted molar refractivity (Wildman–Crippen MR) is 116 cm³/mol. The first-order valence-electron chi connectivity index (χ1n) is 9.12. The van der Waals surface area contributed by atoms with Gasteiger partial charge in [-0.25, -0.2) is 4.57 Å². The Balaban J connectivity index is 2.06. The number of hydrogen-bond donors (Lipinski definition) is 1. The monoisotopic (exact) mass is 445 g/mol. The molecule has 0 spiro atoms. The van der Waals surface area contributed by atoms with Gasteiger partial charge in [0.15, 0.2) is 5.78 Å². The van der Waals surface area contributed by atoms with Crippen LogP contribution in [0.25, 0.3) is 0 Å². The van der Waals surface area contributed by atoms with Gasteiger partial charge in [0, 0.05) is 0 Å². The van der Waals surface area contributed by atoms with Gasteiger partial charge in [-0.3, -0.25) is 4.79 Å². The van der Waals surface area contributed by atoms with E-state index in [1.165, 1.54) is 0 Å². The summed E-state index contributed by atoms with van der Waals surface area (Å²) in [5.74, 6) is -0.612. The fourth-order valence-corrected chi connectivity index (χ4v) is 4.70. The third kappa shape index (κ3) is 5.56. The summed E-state index contributed by atoms with van der Waals surface area (Å²) in [6.45, 7) is 0. The number of halogens is 1. The van der Waals surface area contributed by atoms with Crippen LogP contribution in [0.4, 0.5) is 0 Å². The van der Waals surface area contributed by atoms with Crippen LogP contribution in [0.5, 0.6) is 17.2 Å². The predicted octanol–water partition coefficient (Wildman–Crippen LogP) is 5.40. The average Bonchev–Trinajstić information content (AvgIpc) is 2.78. The zero-order chi connectivity index (χ0) is 21.4. The lowest BCUT2D eigenvalue weighted by molar-refractivity contribution is -0.119. The molecule has 0 saturated carbocycles. The van der Waals surface area contributed by atoms with E-state index in [-0.39, 0.29) is 5.88 Å². The van der Waals surface area contributed by atoms with E-state index >= 15 is 0 Å². The Kier molecular flexibility index (Phi) is 7.39. The van der Waals surface area contributed by atoms with Crippen molar-refractivity contribution < 1.29 is 23.1 Å². The number of alkyl halides is 1. The SMILES string of the molecule is COc1ccc(C(NC(=O)CCl)P(=O)(Oc2ccccc2)Oc2ccccc2)cc1. The minimum absolute atomic E-state index is 0.302. The second kappa shape index (κ2) is 10.2. The first kappa shape index (κ1) is 21.8. The summed E-state index contributed by atoms with van der Waals surface area (Å²) in [6, 6.07) is 24.1. The van der Waals surface area contributed by atoms with Crippen molar-refractivity contribution in [3.8, 4) is 17.2 Å². The lowest BCUT2D eigenvalue weighted by atomic mass is 10.2. The number of para-hydroxylation sites is 2. The Morgan fingerprint density at radius 1 is 0.867 bits per heavy atom. The zero-order valence-corrected chi connectivity index (χ0v) is 17.9. The van der Waals surface area contributed by atoms with Crippen LogP contribution in [0.3, 0.4) is 0 Å². The highest BCUT2D eigenvalue weighted by molar-refractivity contribution is 7.55. The van der Waals surface area contributed by atoms with E-state index < -0.39 is 19.3 Å². The molecular formula is C22H21ClNO5P. The molecule has 0 aromatic heterocycles. The highest BCUT2D eigenvalue weighted by atomic mass is 35.5. The lowest BCUT2D eigenvalue weighted by Gasteiger charge is -2.28. The number of nitrogens with one attached hydrogen (secondary N) is 1. The first-order chi connectivity index (χ1) is 14.5. The minimum Gasteiger partial charge on any atom is -0.497 e. The number of methoxy groups -OCH3 is 1. The summed E-state index contributed by atoms with van der Waals surface area (Å²) in [6.07, 6.45) is 0.